The number of carbonyl (C=O) groups excluding carboxylic acids is 1. The highest BCUT2D eigenvalue weighted by Gasteiger charge is 2.19. The van der Waals surface area contributed by atoms with Crippen LogP contribution in [-0.4, -0.2) is 23.9 Å². The highest BCUT2D eigenvalue weighted by atomic mass is 16.2. The van der Waals surface area contributed by atoms with Crippen LogP contribution in [-0.2, 0) is 4.79 Å². The predicted octanol–water partition coefficient (Wildman–Crippen LogP) is 3.22. The smallest absolute Gasteiger partial charge is 0.219 e. The topological polar surface area (TPSA) is 20.3 Å². The van der Waals surface area contributed by atoms with Crippen LogP contribution >= 0.6 is 0 Å². The maximum atomic E-state index is 11.3. The minimum atomic E-state index is 0.244. The Bertz CT molecular complexity index is 211. The molecule has 1 heterocycles. The molecule has 88 valence electrons. The molecule has 0 aromatic heterocycles. The van der Waals surface area contributed by atoms with Crippen LogP contribution in [0.5, 0.6) is 0 Å². The highest BCUT2D eigenvalue weighted by Crippen LogP contribution is 2.30. The molecule has 2 nitrogen and oxygen atoms in total. The van der Waals surface area contributed by atoms with Gasteiger partial charge in [-0.3, -0.25) is 4.79 Å². The lowest BCUT2D eigenvalue weighted by Gasteiger charge is -2.29. The maximum Gasteiger partial charge on any atom is 0.219 e. The van der Waals surface area contributed by atoms with Gasteiger partial charge < -0.3 is 4.90 Å². The van der Waals surface area contributed by atoms with E-state index in [4.69, 9.17) is 0 Å². The average Bonchev–Trinajstić information content (AvgIpc) is 2.14. The molecular formula is C13H25NO. The second kappa shape index (κ2) is 5.53. The Kier molecular flexibility index (Phi) is 4.62. The standard InChI is InChI=1S/C13H25NO/c1-12(15)14-10-6-4-5-8-13(2,3)9-7-11-14/h4-11H2,1-3H3. The molecule has 0 saturated carbocycles. The van der Waals surface area contributed by atoms with Gasteiger partial charge in [0, 0.05) is 20.0 Å². The van der Waals surface area contributed by atoms with Gasteiger partial charge in [0.2, 0.25) is 5.91 Å². The molecule has 0 atom stereocenters. The van der Waals surface area contributed by atoms with Crippen LogP contribution in [0.2, 0.25) is 0 Å². The summed E-state index contributed by atoms with van der Waals surface area (Å²) in [6.45, 7) is 8.32. The molecule has 15 heavy (non-hydrogen) atoms. The fourth-order valence-electron chi connectivity index (χ4n) is 2.38. The summed E-state index contributed by atoms with van der Waals surface area (Å²) in [5, 5.41) is 0. The number of hydrogen-bond acceptors (Lipinski definition) is 1. The third-order valence-corrected chi connectivity index (χ3v) is 3.51. The number of hydrogen-bond donors (Lipinski definition) is 0. The van der Waals surface area contributed by atoms with E-state index in [9.17, 15) is 4.79 Å². The number of carbonyl (C=O) groups is 1. The molecule has 0 aromatic rings. The Morgan fingerprint density at radius 2 is 1.60 bits per heavy atom. The monoisotopic (exact) mass is 211 g/mol. The molecular weight excluding hydrogens is 186 g/mol. The zero-order valence-electron chi connectivity index (χ0n) is 10.5. The van der Waals surface area contributed by atoms with Crippen molar-refractivity contribution in [2.75, 3.05) is 13.1 Å². The van der Waals surface area contributed by atoms with Gasteiger partial charge in [0.15, 0.2) is 0 Å². The zero-order chi connectivity index (χ0) is 11.3. The van der Waals surface area contributed by atoms with E-state index in [0.29, 0.717) is 5.41 Å². The van der Waals surface area contributed by atoms with Crippen LogP contribution in [0.15, 0.2) is 0 Å². The zero-order valence-corrected chi connectivity index (χ0v) is 10.5. The quantitative estimate of drug-likeness (QED) is 0.602. The van der Waals surface area contributed by atoms with Gasteiger partial charge in [-0.15, -0.1) is 0 Å². The SMILES string of the molecule is CC(=O)N1CCCCCC(C)(C)CCC1. The first-order valence-electron chi connectivity index (χ1n) is 6.27. The van der Waals surface area contributed by atoms with Gasteiger partial charge in [0.25, 0.3) is 0 Å². The van der Waals surface area contributed by atoms with Crippen molar-refractivity contribution in [3.8, 4) is 0 Å². The molecule has 0 aromatic carbocycles. The van der Waals surface area contributed by atoms with E-state index in [1.54, 1.807) is 6.92 Å². The predicted molar refractivity (Wildman–Crippen MR) is 63.7 cm³/mol. The van der Waals surface area contributed by atoms with Crippen LogP contribution in [0.25, 0.3) is 0 Å². The summed E-state index contributed by atoms with van der Waals surface area (Å²) in [5.74, 6) is 0.244. The van der Waals surface area contributed by atoms with Crippen LogP contribution in [0.4, 0.5) is 0 Å². The largest absolute Gasteiger partial charge is 0.343 e. The third-order valence-electron chi connectivity index (χ3n) is 3.51. The first kappa shape index (κ1) is 12.5. The van der Waals surface area contributed by atoms with Crippen LogP contribution in [0, 0.1) is 5.41 Å². The first-order valence-corrected chi connectivity index (χ1v) is 6.27. The van der Waals surface area contributed by atoms with Crippen LogP contribution < -0.4 is 0 Å². The molecule has 2 heteroatoms. The van der Waals surface area contributed by atoms with Crippen LogP contribution in [0.1, 0.15) is 59.3 Å². The Hall–Kier alpha value is -0.530. The van der Waals surface area contributed by atoms with E-state index in [0.717, 1.165) is 19.5 Å². The molecule has 1 rings (SSSR count). The normalized spacial score (nSPS) is 23.5. The molecule has 0 bridgehead atoms. The molecule has 0 aliphatic carbocycles. The van der Waals surface area contributed by atoms with E-state index in [2.05, 4.69) is 13.8 Å². The van der Waals surface area contributed by atoms with Gasteiger partial charge in [-0.1, -0.05) is 26.7 Å². The van der Waals surface area contributed by atoms with Crippen molar-refractivity contribution in [3.63, 3.8) is 0 Å². The average molecular weight is 211 g/mol. The fraction of sp³-hybridized carbons (Fsp3) is 0.923. The Balaban J connectivity index is 2.47. The summed E-state index contributed by atoms with van der Waals surface area (Å²) in [4.78, 5) is 13.4. The number of nitrogens with zero attached hydrogens (tertiary/aromatic N) is 1. The van der Waals surface area contributed by atoms with E-state index < -0.39 is 0 Å². The molecule has 1 aliphatic heterocycles. The van der Waals surface area contributed by atoms with Crippen molar-refractivity contribution in [2.45, 2.75) is 59.3 Å². The summed E-state index contributed by atoms with van der Waals surface area (Å²) >= 11 is 0. The van der Waals surface area contributed by atoms with Gasteiger partial charge >= 0.3 is 0 Å². The lowest BCUT2D eigenvalue weighted by Crippen LogP contribution is -2.32. The summed E-state index contributed by atoms with van der Waals surface area (Å²) in [6, 6.07) is 0. The van der Waals surface area contributed by atoms with E-state index >= 15 is 0 Å². The van der Waals surface area contributed by atoms with Gasteiger partial charge in [-0.05, 0) is 31.1 Å². The van der Waals surface area contributed by atoms with E-state index in [1.165, 1.54) is 32.1 Å². The lowest BCUT2D eigenvalue weighted by atomic mass is 9.82. The van der Waals surface area contributed by atoms with Crippen molar-refractivity contribution < 1.29 is 4.79 Å². The van der Waals surface area contributed by atoms with E-state index in [-0.39, 0.29) is 5.91 Å². The molecule has 0 spiro atoms. The van der Waals surface area contributed by atoms with Crippen molar-refractivity contribution in [1.29, 1.82) is 0 Å². The molecule has 0 radical (unpaired) electrons. The second-order valence-electron chi connectivity index (χ2n) is 5.58. The summed E-state index contributed by atoms with van der Waals surface area (Å²) < 4.78 is 0. The van der Waals surface area contributed by atoms with Crippen molar-refractivity contribution >= 4 is 5.91 Å². The highest BCUT2D eigenvalue weighted by molar-refractivity contribution is 5.73. The Morgan fingerprint density at radius 1 is 1.00 bits per heavy atom. The minimum Gasteiger partial charge on any atom is -0.343 e. The van der Waals surface area contributed by atoms with Gasteiger partial charge in [0.1, 0.15) is 0 Å². The molecule has 1 saturated heterocycles. The summed E-state index contributed by atoms with van der Waals surface area (Å²) in [6.07, 6.45) is 7.51. The molecule has 0 unspecified atom stereocenters. The number of amides is 1. The van der Waals surface area contributed by atoms with Crippen LogP contribution in [0.3, 0.4) is 0 Å². The summed E-state index contributed by atoms with van der Waals surface area (Å²) in [7, 11) is 0. The second-order valence-corrected chi connectivity index (χ2v) is 5.58. The number of rotatable bonds is 0. The molecule has 1 amide bonds. The van der Waals surface area contributed by atoms with Crippen molar-refractivity contribution in [2.24, 2.45) is 5.41 Å². The van der Waals surface area contributed by atoms with Gasteiger partial charge in [0.05, 0.1) is 0 Å². The molecule has 1 fully saturated rings. The summed E-state index contributed by atoms with van der Waals surface area (Å²) in [5.41, 5.74) is 0.472. The maximum absolute atomic E-state index is 11.3. The first-order chi connectivity index (χ1) is 7.01. The van der Waals surface area contributed by atoms with Gasteiger partial charge in [-0.2, -0.15) is 0 Å². The van der Waals surface area contributed by atoms with Crippen molar-refractivity contribution in [1.82, 2.24) is 4.90 Å². The molecule has 0 N–H and O–H groups in total. The lowest BCUT2D eigenvalue weighted by molar-refractivity contribution is -0.129. The fourth-order valence-corrected chi connectivity index (χ4v) is 2.38. The molecule has 1 aliphatic rings. The van der Waals surface area contributed by atoms with Crippen molar-refractivity contribution in [3.05, 3.63) is 0 Å². The van der Waals surface area contributed by atoms with Gasteiger partial charge in [-0.25, -0.2) is 0 Å². The third kappa shape index (κ3) is 4.67. The Labute approximate surface area is 94.0 Å². The minimum absolute atomic E-state index is 0.244. The van der Waals surface area contributed by atoms with E-state index in [1.807, 2.05) is 4.90 Å². The Morgan fingerprint density at radius 3 is 2.27 bits per heavy atom.